The topological polar surface area (TPSA) is 74.2 Å². The molecular weight excluding hydrogens is 278 g/mol. The molecule has 22 heavy (non-hydrogen) atoms. The number of rotatable bonds is 4. The molecule has 0 saturated carbocycles. The molecule has 3 heterocycles. The van der Waals surface area contributed by atoms with Crippen LogP contribution in [0.4, 0.5) is 11.8 Å². The number of hydrogen-bond donors (Lipinski definition) is 2. The second-order valence-corrected chi connectivity index (χ2v) is 5.55. The smallest absolute Gasteiger partial charge is 0.227 e. The molecule has 0 aliphatic carbocycles. The third kappa shape index (κ3) is 3.17. The highest BCUT2D eigenvalue weighted by Crippen LogP contribution is 2.31. The van der Waals surface area contributed by atoms with Gasteiger partial charge in [-0.1, -0.05) is 6.07 Å². The molecule has 0 spiro atoms. The third-order valence-electron chi connectivity index (χ3n) is 4.19. The van der Waals surface area contributed by atoms with Gasteiger partial charge in [0.25, 0.3) is 0 Å². The molecule has 0 unspecified atom stereocenters. The Morgan fingerprint density at radius 1 is 1.27 bits per heavy atom. The maximum absolute atomic E-state index is 10.5. The Morgan fingerprint density at radius 3 is 2.77 bits per heavy atom. The van der Waals surface area contributed by atoms with Crippen LogP contribution in [0.2, 0.25) is 0 Å². The van der Waals surface area contributed by atoms with Crippen LogP contribution in [-0.4, -0.2) is 40.2 Å². The number of aromatic nitrogens is 3. The van der Waals surface area contributed by atoms with E-state index >= 15 is 0 Å². The Balaban J connectivity index is 1.62. The van der Waals surface area contributed by atoms with E-state index in [0.717, 1.165) is 43.3 Å². The van der Waals surface area contributed by atoms with Crippen LogP contribution in [0.15, 0.2) is 36.8 Å². The number of nitrogens with one attached hydrogen (secondary N) is 1. The molecule has 1 atom stereocenters. The minimum absolute atomic E-state index is 0.257. The van der Waals surface area contributed by atoms with Crippen molar-refractivity contribution in [1.82, 2.24) is 15.0 Å². The third-order valence-corrected chi connectivity index (χ3v) is 4.19. The molecule has 0 radical (unpaired) electrons. The van der Waals surface area contributed by atoms with Gasteiger partial charge in [-0.25, -0.2) is 4.98 Å². The van der Waals surface area contributed by atoms with Crippen molar-refractivity contribution in [1.29, 1.82) is 0 Å². The summed E-state index contributed by atoms with van der Waals surface area (Å²) in [6.45, 7) is 1.71. The molecule has 1 saturated heterocycles. The van der Waals surface area contributed by atoms with Crippen LogP contribution in [-0.2, 0) is 0 Å². The van der Waals surface area contributed by atoms with Crippen LogP contribution in [0.1, 0.15) is 24.5 Å². The van der Waals surface area contributed by atoms with E-state index < -0.39 is 6.10 Å². The van der Waals surface area contributed by atoms with Gasteiger partial charge in [0, 0.05) is 38.7 Å². The lowest BCUT2D eigenvalue weighted by atomic mass is 9.88. The second kappa shape index (κ2) is 6.70. The molecule has 1 aliphatic rings. The molecule has 0 aromatic carbocycles. The molecule has 0 bridgehead atoms. The minimum Gasteiger partial charge on any atom is -0.388 e. The average Bonchev–Trinajstić information content (AvgIpc) is 2.62. The first kappa shape index (κ1) is 14.7. The van der Waals surface area contributed by atoms with Gasteiger partial charge in [0.1, 0.15) is 5.82 Å². The highest BCUT2D eigenvalue weighted by molar-refractivity contribution is 5.41. The first-order valence-corrected chi connectivity index (χ1v) is 7.61. The van der Waals surface area contributed by atoms with Crippen LogP contribution in [0.5, 0.6) is 0 Å². The van der Waals surface area contributed by atoms with E-state index in [0.29, 0.717) is 0 Å². The highest BCUT2D eigenvalue weighted by atomic mass is 16.3. The predicted molar refractivity (Wildman–Crippen MR) is 85.7 cm³/mol. The van der Waals surface area contributed by atoms with Crippen molar-refractivity contribution in [2.24, 2.45) is 5.92 Å². The molecule has 6 nitrogen and oxygen atoms in total. The van der Waals surface area contributed by atoms with E-state index in [9.17, 15) is 5.11 Å². The SMILES string of the molecule is CNc1ccnc(N2CCC([C@H](O)c3cccnc3)CC2)n1. The lowest BCUT2D eigenvalue weighted by Gasteiger charge is -2.34. The zero-order valence-electron chi connectivity index (χ0n) is 12.7. The first-order chi connectivity index (χ1) is 10.8. The Hall–Kier alpha value is -2.21. The summed E-state index contributed by atoms with van der Waals surface area (Å²) < 4.78 is 0. The number of aliphatic hydroxyl groups excluding tert-OH is 1. The van der Waals surface area contributed by atoms with Gasteiger partial charge in [-0.05, 0) is 36.5 Å². The van der Waals surface area contributed by atoms with Crippen LogP contribution in [0.25, 0.3) is 0 Å². The lowest BCUT2D eigenvalue weighted by molar-refractivity contribution is 0.0924. The molecule has 2 N–H and O–H groups in total. The minimum atomic E-state index is -0.444. The quantitative estimate of drug-likeness (QED) is 0.897. The van der Waals surface area contributed by atoms with E-state index in [1.165, 1.54) is 0 Å². The van der Waals surface area contributed by atoms with Gasteiger partial charge < -0.3 is 15.3 Å². The van der Waals surface area contributed by atoms with Crippen LogP contribution in [0.3, 0.4) is 0 Å². The van der Waals surface area contributed by atoms with Gasteiger partial charge in [-0.3, -0.25) is 4.98 Å². The van der Waals surface area contributed by atoms with Crippen molar-refractivity contribution in [3.05, 3.63) is 42.4 Å². The fraction of sp³-hybridized carbons (Fsp3) is 0.438. The van der Waals surface area contributed by atoms with Crippen molar-refractivity contribution in [2.75, 3.05) is 30.4 Å². The summed E-state index contributed by atoms with van der Waals surface area (Å²) >= 11 is 0. The standard InChI is InChI=1S/C16H21N5O/c1-17-14-4-8-19-16(20-14)21-9-5-12(6-10-21)15(22)13-3-2-7-18-11-13/h2-4,7-8,11-12,15,22H,5-6,9-10H2,1H3,(H,17,19,20)/t15-/m0/s1. The first-order valence-electron chi connectivity index (χ1n) is 7.61. The monoisotopic (exact) mass is 299 g/mol. The molecule has 1 fully saturated rings. The van der Waals surface area contributed by atoms with Crippen LogP contribution in [0, 0.1) is 5.92 Å². The molecule has 6 heteroatoms. The molecule has 116 valence electrons. The summed E-state index contributed by atoms with van der Waals surface area (Å²) in [4.78, 5) is 15.1. The summed E-state index contributed by atoms with van der Waals surface area (Å²) in [5.74, 6) is 1.83. The van der Waals surface area contributed by atoms with Crippen molar-refractivity contribution < 1.29 is 5.11 Å². The average molecular weight is 299 g/mol. The summed E-state index contributed by atoms with van der Waals surface area (Å²) in [6, 6.07) is 5.65. The normalized spacial score (nSPS) is 17.3. The Kier molecular flexibility index (Phi) is 4.48. The second-order valence-electron chi connectivity index (χ2n) is 5.55. The zero-order valence-corrected chi connectivity index (χ0v) is 12.7. The zero-order chi connectivity index (χ0) is 15.4. The molecular formula is C16H21N5O. The van der Waals surface area contributed by atoms with Crippen LogP contribution < -0.4 is 10.2 Å². The largest absolute Gasteiger partial charge is 0.388 e. The molecule has 1 aliphatic heterocycles. The van der Waals surface area contributed by atoms with Gasteiger partial charge in [0.2, 0.25) is 5.95 Å². The fourth-order valence-corrected chi connectivity index (χ4v) is 2.88. The molecule has 0 amide bonds. The number of nitrogens with zero attached hydrogens (tertiary/aromatic N) is 4. The number of hydrogen-bond acceptors (Lipinski definition) is 6. The molecule has 2 aromatic rings. The summed E-state index contributed by atoms with van der Waals surface area (Å²) in [6.07, 6.45) is 6.64. The van der Waals surface area contributed by atoms with Crippen molar-refractivity contribution in [3.63, 3.8) is 0 Å². The number of anilines is 2. The van der Waals surface area contributed by atoms with Crippen molar-refractivity contribution in [3.8, 4) is 0 Å². The Labute approximate surface area is 130 Å². The molecule has 3 rings (SSSR count). The van der Waals surface area contributed by atoms with E-state index in [4.69, 9.17) is 0 Å². The summed E-state index contributed by atoms with van der Waals surface area (Å²) in [5, 5.41) is 13.5. The van der Waals surface area contributed by atoms with E-state index in [1.54, 1.807) is 18.6 Å². The fourth-order valence-electron chi connectivity index (χ4n) is 2.88. The summed E-state index contributed by atoms with van der Waals surface area (Å²) in [7, 11) is 1.85. The van der Waals surface area contributed by atoms with E-state index in [-0.39, 0.29) is 5.92 Å². The van der Waals surface area contributed by atoms with E-state index in [1.807, 2.05) is 25.2 Å². The number of aliphatic hydroxyl groups is 1. The van der Waals surface area contributed by atoms with Gasteiger partial charge in [-0.2, -0.15) is 4.98 Å². The van der Waals surface area contributed by atoms with Gasteiger partial charge in [0.15, 0.2) is 0 Å². The van der Waals surface area contributed by atoms with Gasteiger partial charge in [-0.15, -0.1) is 0 Å². The predicted octanol–water partition coefficient (Wildman–Crippen LogP) is 1.86. The lowest BCUT2D eigenvalue weighted by Crippen LogP contribution is -2.36. The maximum atomic E-state index is 10.5. The van der Waals surface area contributed by atoms with Crippen molar-refractivity contribution in [2.45, 2.75) is 18.9 Å². The van der Waals surface area contributed by atoms with Crippen molar-refractivity contribution >= 4 is 11.8 Å². The molecule has 2 aromatic heterocycles. The number of piperidine rings is 1. The van der Waals surface area contributed by atoms with Crippen LogP contribution >= 0.6 is 0 Å². The summed E-state index contributed by atoms with van der Waals surface area (Å²) in [5.41, 5.74) is 0.898. The van der Waals surface area contributed by atoms with Gasteiger partial charge >= 0.3 is 0 Å². The Bertz CT molecular complexity index is 598. The van der Waals surface area contributed by atoms with E-state index in [2.05, 4.69) is 25.2 Å². The maximum Gasteiger partial charge on any atom is 0.227 e. The van der Waals surface area contributed by atoms with Gasteiger partial charge in [0.05, 0.1) is 6.10 Å². The highest BCUT2D eigenvalue weighted by Gasteiger charge is 2.27. The number of pyridine rings is 1. The Morgan fingerprint density at radius 2 is 2.09 bits per heavy atom.